The molecule has 7 heteroatoms. The Hall–Kier alpha value is -2.25. The molecular weight excluding hydrogens is 440 g/mol. The standard InChI is InChI=1S/C28H40N4O3/c33-27(34)15-24(23-14-22(16-29-17-23)20-7-8-20)19-35-26-6-3-13-32(18-26)12-2-5-25-10-9-21-4-1-11-30-28(21)31-25/h9-10,16-17,20,23-24,26H,1-8,11-15,18-19H2,(H,30,31)(H,33,34)/t23?,24-,26+/m0/s1. The molecule has 5 rings (SSSR count). The molecule has 4 aliphatic rings. The number of anilines is 1. The van der Waals surface area contributed by atoms with E-state index in [-0.39, 0.29) is 24.4 Å². The van der Waals surface area contributed by atoms with Crippen LogP contribution in [0.5, 0.6) is 0 Å². The minimum Gasteiger partial charge on any atom is -0.481 e. The number of carboxylic acids is 1. The number of nitrogens with one attached hydrogen (secondary N) is 1. The van der Waals surface area contributed by atoms with Gasteiger partial charge in [-0.2, -0.15) is 0 Å². The van der Waals surface area contributed by atoms with Crippen molar-refractivity contribution in [2.45, 2.75) is 70.3 Å². The number of aliphatic imine (C=N–C) groups is 1. The third-order valence-corrected chi connectivity index (χ3v) is 8.00. The highest BCUT2D eigenvalue weighted by Gasteiger charge is 2.33. The van der Waals surface area contributed by atoms with E-state index >= 15 is 0 Å². The first-order chi connectivity index (χ1) is 17.1. The number of carboxylic acid groups (broad SMARTS) is 1. The fourth-order valence-corrected chi connectivity index (χ4v) is 5.80. The van der Waals surface area contributed by atoms with Crippen molar-refractivity contribution in [2.75, 3.05) is 38.1 Å². The van der Waals surface area contributed by atoms with Gasteiger partial charge in [0.25, 0.3) is 0 Å². The topological polar surface area (TPSA) is 87.0 Å². The van der Waals surface area contributed by atoms with Crippen molar-refractivity contribution in [1.82, 2.24) is 9.88 Å². The van der Waals surface area contributed by atoms with Crippen molar-refractivity contribution >= 4 is 18.0 Å². The Morgan fingerprint density at radius 3 is 3.03 bits per heavy atom. The predicted molar refractivity (Wildman–Crippen MR) is 138 cm³/mol. The molecule has 3 atom stereocenters. The van der Waals surface area contributed by atoms with Crippen LogP contribution in [-0.2, 0) is 22.4 Å². The molecule has 1 saturated heterocycles. The molecule has 0 spiro atoms. The summed E-state index contributed by atoms with van der Waals surface area (Å²) in [5.74, 6) is 1.17. The van der Waals surface area contributed by atoms with Crippen LogP contribution in [0.4, 0.5) is 5.82 Å². The van der Waals surface area contributed by atoms with Gasteiger partial charge in [0.1, 0.15) is 5.82 Å². The van der Waals surface area contributed by atoms with E-state index in [1.165, 1.54) is 36.1 Å². The summed E-state index contributed by atoms with van der Waals surface area (Å²) in [5, 5.41) is 12.9. The van der Waals surface area contributed by atoms with Gasteiger partial charge in [-0.25, -0.2) is 4.98 Å². The van der Waals surface area contributed by atoms with Crippen molar-refractivity contribution < 1.29 is 14.6 Å². The summed E-state index contributed by atoms with van der Waals surface area (Å²) in [6.07, 6.45) is 14.3. The second-order valence-corrected chi connectivity index (χ2v) is 10.8. The van der Waals surface area contributed by atoms with Gasteiger partial charge < -0.3 is 20.1 Å². The zero-order valence-electron chi connectivity index (χ0n) is 20.8. The Bertz CT molecular complexity index is 942. The Labute approximate surface area is 209 Å². The molecule has 190 valence electrons. The monoisotopic (exact) mass is 480 g/mol. The summed E-state index contributed by atoms with van der Waals surface area (Å²) in [4.78, 5) is 23.4. The maximum atomic E-state index is 11.6. The van der Waals surface area contributed by atoms with Crippen LogP contribution in [0.1, 0.15) is 62.6 Å². The lowest BCUT2D eigenvalue weighted by molar-refractivity contribution is -0.139. The van der Waals surface area contributed by atoms with Gasteiger partial charge in [0.2, 0.25) is 0 Å². The summed E-state index contributed by atoms with van der Waals surface area (Å²) in [6.45, 7) is 4.63. The third-order valence-electron chi connectivity index (χ3n) is 8.00. The number of nitrogens with zero attached hydrogens (tertiary/aromatic N) is 3. The van der Waals surface area contributed by atoms with Crippen LogP contribution in [0.3, 0.4) is 0 Å². The van der Waals surface area contributed by atoms with E-state index in [0.29, 0.717) is 12.5 Å². The van der Waals surface area contributed by atoms with Crippen molar-refractivity contribution in [2.24, 2.45) is 22.7 Å². The molecule has 0 amide bonds. The van der Waals surface area contributed by atoms with Crippen LogP contribution in [0.15, 0.2) is 28.9 Å². The number of hydrogen-bond donors (Lipinski definition) is 2. The fourth-order valence-electron chi connectivity index (χ4n) is 5.80. The first-order valence-electron chi connectivity index (χ1n) is 13.6. The van der Waals surface area contributed by atoms with Crippen molar-refractivity contribution in [3.63, 3.8) is 0 Å². The van der Waals surface area contributed by atoms with Crippen LogP contribution in [0, 0.1) is 17.8 Å². The molecule has 1 aromatic rings. The maximum Gasteiger partial charge on any atom is 0.303 e. The van der Waals surface area contributed by atoms with Crippen molar-refractivity contribution in [1.29, 1.82) is 0 Å². The lowest BCUT2D eigenvalue weighted by atomic mass is 9.83. The molecule has 1 saturated carbocycles. The van der Waals surface area contributed by atoms with Crippen molar-refractivity contribution in [3.8, 4) is 0 Å². The summed E-state index contributed by atoms with van der Waals surface area (Å²) in [6, 6.07) is 4.43. The lowest BCUT2D eigenvalue weighted by Crippen LogP contribution is -2.41. The molecule has 1 aromatic heterocycles. The molecule has 1 unspecified atom stereocenters. The summed E-state index contributed by atoms with van der Waals surface area (Å²) < 4.78 is 6.36. The average Bonchev–Trinajstić information content (AvgIpc) is 3.72. The molecule has 2 N–H and O–H groups in total. The number of likely N-dealkylation sites (tertiary alicyclic amines) is 1. The minimum absolute atomic E-state index is 0.0160. The predicted octanol–water partition coefficient (Wildman–Crippen LogP) is 4.33. The number of fused-ring (bicyclic) bond motifs is 1. The van der Waals surface area contributed by atoms with Gasteiger partial charge in [-0.3, -0.25) is 9.79 Å². The zero-order valence-corrected chi connectivity index (χ0v) is 20.8. The largest absolute Gasteiger partial charge is 0.481 e. The highest BCUT2D eigenvalue weighted by Crippen LogP contribution is 2.41. The number of allylic oxidation sites excluding steroid dienone is 1. The van der Waals surface area contributed by atoms with E-state index in [1.54, 1.807) is 0 Å². The molecule has 4 heterocycles. The Kier molecular flexibility index (Phi) is 8.14. The first-order valence-corrected chi connectivity index (χ1v) is 13.6. The number of aryl methyl sites for hydroxylation is 2. The lowest BCUT2D eigenvalue weighted by Gasteiger charge is -2.34. The van der Waals surface area contributed by atoms with Gasteiger partial charge in [-0.05, 0) is 94.0 Å². The van der Waals surface area contributed by atoms with Gasteiger partial charge >= 0.3 is 5.97 Å². The normalized spacial score (nSPS) is 25.4. The van der Waals surface area contributed by atoms with Crippen LogP contribution in [0.25, 0.3) is 0 Å². The smallest absolute Gasteiger partial charge is 0.303 e. The number of aliphatic carboxylic acids is 1. The molecular formula is C28H40N4O3. The number of ether oxygens (including phenoxy) is 1. The number of piperidine rings is 1. The number of hydrogen-bond acceptors (Lipinski definition) is 6. The van der Waals surface area contributed by atoms with E-state index in [9.17, 15) is 9.90 Å². The molecule has 1 aliphatic carbocycles. The molecule has 0 aromatic carbocycles. The van der Waals surface area contributed by atoms with Gasteiger partial charge in [-0.15, -0.1) is 0 Å². The molecule has 7 nitrogen and oxygen atoms in total. The summed E-state index contributed by atoms with van der Waals surface area (Å²) in [5.41, 5.74) is 3.92. The molecule has 35 heavy (non-hydrogen) atoms. The van der Waals surface area contributed by atoms with E-state index in [4.69, 9.17) is 9.72 Å². The summed E-state index contributed by atoms with van der Waals surface area (Å²) in [7, 11) is 0. The van der Waals surface area contributed by atoms with Gasteiger partial charge in [-0.1, -0.05) is 6.07 Å². The van der Waals surface area contributed by atoms with Crippen LogP contribution >= 0.6 is 0 Å². The Morgan fingerprint density at radius 2 is 2.17 bits per heavy atom. The highest BCUT2D eigenvalue weighted by molar-refractivity contribution is 5.70. The van der Waals surface area contributed by atoms with Crippen LogP contribution < -0.4 is 5.32 Å². The van der Waals surface area contributed by atoms with E-state index in [1.807, 2.05) is 12.4 Å². The SMILES string of the molecule is O=C(O)C[C@@H](CO[C@@H]1CCCN(CCCc2ccc3c(n2)NCCC3)C1)C1C=NC=C(C2CC2)C1. The highest BCUT2D eigenvalue weighted by atomic mass is 16.5. The fraction of sp³-hybridized carbons (Fsp3) is 0.679. The van der Waals surface area contributed by atoms with E-state index in [0.717, 1.165) is 70.5 Å². The maximum absolute atomic E-state index is 11.6. The quantitative estimate of drug-likeness (QED) is 0.490. The zero-order chi connectivity index (χ0) is 24.0. The van der Waals surface area contributed by atoms with Crippen molar-refractivity contribution in [3.05, 3.63) is 35.2 Å². The molecule has 0 bridgehead atoms. The molecule has 0 radical (unpaired) electrons. The number of carbonyl (C=O) groups is 1. The molecule has 2 fully saturated rings. The second-order valence-electron chi connectivity index (χ2n) is 10.8. The number of aromatic nitrogens is 1. The second kappa shape index (κ2) is 11.7. The number of rotatable bonds is 11. The average molecular weight is 481 g/mol. The summed E-state index contributed by atoms with van der Waals surface area (Å²) >= 11 is 0. The minimum atomic E-state index is -0.745. The van der Waals surface area contributed by atoms with Crippen LogP contribution in [-0.4, -0.2) is 66.1 Å². The molecule has 3 aliphatic heterocycles. The van der Waals surface area contributed by atoms with E-state index < -0.39 is 5.97 Å². The Morgan fingerprint density at radius 1 is 1.26 bits per heavy atom. The van der Waals surface area contributed by atoms with Gasteiger partial charge in [0, 0.05) is 43.0 Å². The van der Waals surface area contributed by atoms with Crippen LogP contribution in [0.2, 0.25) is 0 Å². The third kappa shape index (κ3) is 6.91. The number of pyridine rings is 1. The van der Waals surface area contributed by atoms with E-state index in [2.05, 4.69) is 27.3 Å². The Balaban J connectivity index is 1.07. The van der Waals surface area contributed by atoms with Gasteiger partial charge in [0.15, 0.2) is 0 Å². The first kappa shape index (κ1) is 24.4. The van der Waals surface area contributed by atoms with Gasteiger partial charge in [0.05, 0.1) is 19.1 Å².